The third kappa shape index (κ3) is 4.28. The van der Waals surface area contributed by atoms with E-state index in [1.807, 2.05) is 18.2 Å². The van der Waals surface area contributed by atoms with E-state index in [0.29, 0.717) is 17.2 Å². The number of carbonyl (C=O) groups excluding carboxylic acids is 1. The van der Waals surface area contributed by atoms with Crippen LogP contribution in [0, 0.1) is 0 Å². The zero-order chi connectivity index (χ0) is 21.0. The highest BCUT2D eigenvalue weighted by atomic mass is 16.4. The molecule has 0 bridgehead atoms. The van der Waals surface area contributed by atoms with Gasteiger partial charge in [-0.1, -0.05) is 60.8 Å². The molecule has 0 spiro atoms. The summed E-state index contributed by atoms with van der Waals surface area (Å²) in [6.45, 7) is 0. The Labute approximate surface area is 180 Å². The summed E-state index contributed by atoms with van der Waals surface area (Å²) in [5.41, 5.74) is 4.02. The first-order valence-electron chi connectivity index (χ1n) is 10.7. The lowest BCUT2D eigenvalue weighted by molar-refractivity contribution is 0.102. The molecule has 0 aliphatic heterocycles. The minimum atomic E-state index is -0.310. The summed E-state index contributed by atoms with van der Waals surface area (Å²) in [6, 6.07) is 19.7. The molecule has 2 heterocycles. The van der Waals surface area contributed by atoms with Crippen molar-refractivity contribution in [2.75, 3.05) is 5.32 Å². The first kappa shape index (κ1) is 19.3. The van der Waals surface area contributed by atoms with E-state index in [9.17, 15) is 4.79 Å². The van der Waals surface area contributed by atoms with Crippen LogP contribution in [0.25, 0.3) is 22.8 Å². The molecule has 6 heteroatoms. The number of hydrogen-bond donors (Lipinski definition) is 1. The van der Waals surface area contributed by atoms with Gasteiger partial charge in [0, 0.05) is 5.56 Å². The summed E-state index contributed by atoms with van der Waals surface area (Å²) >= 11 is 0. The minimum Gasteiger partial charge on any atom is -0.459 e. The molecule has 2 aromatic heterocycles. The molecule has 0 unspecified atom stereocenters. The fraction of sp³-hybridized carbons (Fsp3) is 0.240. The maximum Gasteiger partial charge on any atom is 0.322 e. The van der Waals surface area contributed by atoms with E-state index in [2.05, 4.69) is 39.8 Å². The van der Waals surface area contributed by atoms with Crippen LogP contribution in [-0.2, 0) is 0 Å². The molecule has 1 aliphatic rings. The summed E-state index contributed by atoms with van der Waals surface area (Å²) < 4.78 is 10.7. The molecular formula is C25H23N3O3. The van der Waals surface area contributed by atoms with Gasteiger partial charge in [0.25, 0.3) is 11.8 Å². The maximum absolute atomic E-state index is 12.7. The van der Waals surface area contributed by atoms with Gasteiger partial charge in [-0.3, -0.25) is 10.1 Å². The highest BCUT2D eigenvalue weighted by Gasteiger charge is 2.16. The van der Waals surface area contributed by atoms with Gasteiger partial charge in [-0.15, -0.1) is 5.10 Å². The fourth-order valence-corrected chi connectivity index (χ4v) is 4.17. The number of nitrogens with one attached hydrogen (secondary N) is 1. The van der Waals surface area contributed by atoms with E-state index >= 15 is 0 Å². The lowest BCUT2D eigenvalue weighted by atomic mass is 9.83. The maximum atomic E-state index is 12.7. The second-order valence-corrected chi connectivity index (χ2v) is 7.88. The second kappa shape index (κ2) is 8.60. The molecule has 0 atom stereocenters. The van der Waals surface area contributed by atoms with Gasteiger partial charge in [0.1, 0.15) is 0 Å². The van der Waals surface area contributed by atoms with E-state index in [1.165, 1.54) is 43.9 Å². The van der Waals surface area contributed by atoms with E-state index in [1.54, 1.807) is 18.2 Å². The third-order valence-electron chi connectivity index (χ3n) is 5.82. The summed E-state index contributed by atoms with van der Waals surface area (Å²) in [5.74, 6) is 1.04. The molecular weight excluding hydrogens is 390 g/mol. The van der Waals surface area contributed by atoms with Crippen LogP contribution in [0.4, 0.5) is 6.01 Å². The molecule has 0 saturated heterocycles. The Morgan fingerprint density at radius 2 is 1.74 bits per heavy atom. The average Bonchev–Trinajstić information content (AvgIpc) is 3.52. The SMILES string of the molecule is O=C(Nc1nnc(-c2ccco2)o1)c1cccc(-c2ccc(C3CCCCC3)cc2)c1. The predicted octanol–water partition coefficient (Wildman–Crippen LogP) is 6.30. The van der Waals surface area contributed by atoms with Gasteiger partial charge < -0.3 is 8.83 Å². The van der Waals surface area contributed by atoms with Crippen molar-refractivity contribution in [3.63, 3.8) is 0 Å². The van der Waals surface area contributed by atoms with E-state index in [4.69, 9.17) is 8.83 Å². The summed E-state index contributed by atoms with van der Waals surface area (Å²) in [6.07, 6.45) is 8.10. The average molecular weight is 413 g/mol. The van der Waals surface area contributed by atoms with Crippen LogP contribution in [0.1, 0.15) is 53.9 Å². The molecule has 0 radical (unpaired) electrons. The summed E-state index contributed by atoms with van der Waals surface area (Å²) in [5, 5.41) is 10.4. The molecule has 1 aliphatic carbocycles. The normalized spacial score (nSPS) is 14.5. The Balaban J connectivity index is 1.30. The molecule has 1 amide bonds. The smallest absolute Gasteiger partial charge is 0.322 e. The number of benzene rings is 2. The Bertz CT molecular complexity index is 1160. The number of anilines is 1. The van der Waals surface area contributed by atoms with Crippen molar-refractivity contribution in [2.45, 2.75) is 38.0 Å². The molecule has 4 aromatic rings. The van der Waals surface area contributed by atoms with Crippen molar-refractivity contribution >= 4 is 11.9 Å². The van der Waals surface area contributed by atoms with Gasteiger partial charge in [0.05, 0.1) is 6.26 Å². The zero-order valence-corrected chi connectivity index (χ0v) is 17.1. The van der Waals surface area contributed by atoms with E-state index in [0.717, 1.165) is 11.1 Å². The Morgan fingerprint density at radius 3 is 2.52 bits per heavy atom. The topological polar surface area (TPSA) is 81.2 Å². The first-order valence-corrected chi connectivity index (χ1v) is 10.7. The highest BCUT2D eigenvalue weighted by Crippen LogP contribution is 2.33. The van der Waals surface area contributed by atoms with Crippen molar-refractivity contribution < 1.29 is 13.6 Å². The summed E-state index contributed by atoms with van der Waals surface area (Å²) in [7, 11) is 0. The van der Waals surface area contributed by atoms with Gasteiger partial charge in [-0.05, 0) is 59.7 Å². The Hall–Kier alpha value is -3.67. The number of rotatable bonds is 5. The van der Waals surface area contributed by atoms with Gasteiger partial charge >= 0.3 is 6.01 Å². The van der Waals surface area contributed by atoms with Gasteiger partial charge in [0.15, 0.2) is 5.76 Å². The van der Waals surface area contributed by atoms with Gasteiger partial charge in [-0.25, -0.2) is 0 Å². The monoisotopic (exact) mass is 413 g/mol. The van der Waals surface area contributed by atoms with E-state index in [-0.39, 0.29) is 17.8 Å². The molecule has 1 saturated carbocycles. The number of amides is 1. The molecule has 31 heavy (non-hydrogen) atoms. The Morgan fingerprint density at radius 1 is 0.903 bits per heavy atom. The third-order valence-corrected chi connectivity index (χ3v) is 5.82. The standard InChI is InChI=1S/C25H23N3O3/c29-23(26-25-28-27-24(31-25)22-10-5-15-30-22)21-9-4-8-20(16-21)19-13-11-18(12-14-19)17-6-2-1-3-7-17/h4-5,8-17H,1-3,6-7H2,(H,26,28,29). The number of carbonyl (C=O) groups is 1. The molecule has 156 valence electrons. The number of furan rings is 1. The van der Waals surface area contributed by atoms with Crippen LogP contribution < -0.4 is 5.32 Å². The molecule has 1 fully saturated rings. The largest absolute Gasteiger partial charge is 0.459 e. The van der Waals surface area contributed by atoms with Gasteiger partial charge in [0.2, 0.25) is 0 Å². The van der Waals surface area contributed by atoms with Crippen molar-refractivity contribution in [3.8, 4) is 22.8 Å². The predicted molar refractivity (Wildman–Crippen MR) is 118 cm³/mol. The number of aromatic nitrogens is 2. The minimum absolute atomic E-state index is 0.0265. The first-order chi connectivity index (χ1) is 15.3. The van der Waals surface area contributed by atoms with E-state index < -0.39 is 0 Å². The van der Waals surface area contributed by atoms with Crippen LogP contribution in [0.15, 0.2) is 75.8 Å². The van der Waals surface area contributed by atoms with Crippen molar-refractivity contribution in [2.24, 2.45) is 0 Å². The number of nitrogens with zero attached hydrogens (tertiary/aromatic N) is 2. The zero-order valence-electron chi connectivity index (χ0n) is 17.1. The van der Waals surface area contributed by atoms with Crippen LogP contribution in [0.5, 0.6) is 0 Å². The van der Waals surface area contributed by atoms with Crippen LogP contribution in [0.3, 0.4) is 0 Å². The lowest BCUT2D eigenvalue weighted by Gasteiger charge is -2.22. The Kier molecular flexibility index (Phi) is 5.35. The lowest BCUT2D eigenvalue weighted by Crippen LogP contribution is -2.12. The van der Waals surface area contributed by atoms with Crippen molar-refractivity contribution in [3.05, 3.63) is 78.1 Å². The molecule has 1 N–H and O–H groups in total. The van der Waals surface area contributed by atoms with Crippen molar-refractivity contribution in [1.29, 1.82) is 0 Å². The van der Waals surface area contributed by atoms with Crippen LogP contribution in [-0.4, -0.2) is 16.1 Å². The highest BCUT2D eigenvalue weighted by molar-refractivity contribution is 6.03. The van der Waals surface area contributed by atoms with Crippen molar-refractivity contribution in [1.82, 2.24) is 10.2 Å². The van der Waals surface area contributed by atoms with Crippen LogP contribution in [0.2, 0.25) is 0 Å². The second-order valence-electron chi connectivity index (χ2n) is 7.88. The number of hydrogen-bond acceptors (Lipinski definition) is 5. The quantitative estimate of drug-likeness (QED) is 0.415. The molecule has 6 nitrogen and oxygen atoms in total. The van der Waals surface area contributed by atoms with Gasteiger partial charge in [-0.2, -0.15) is 0 Å². The summed E-state index contributed by atoms with van der Waals surface area (Å²) in [4.78, 5) is 12.7. The molecule has 5 rings (SSSR count). The molecule has 2 aromatic carbocycles. The van der Waals surface area contributed by atoms with Crippen LogP contribution >= 0.6 is 0 Å². The fourth-order valence-electron chi connectivity index (χ4n) is 4.17.